The van der Waals surface area contributed by atoms with E-state index >= 15 is 0 Å². The number of nitrogens with zero attached hydrogens (tertiary/aromatic N) is 1. The zero-order chi connectivity index (χ0) is 30.9. The Morgan fingerprint density at radius 3 is 1.60 bits per heavy atom. The Labute approximate surface area is 271 Å². The fourth-order valence-electron chi connectivity index (χ4n) is 7.48. The number of pyridine rings is 1. The summed E-state index contributed by atoms with van der Waals surface area (Å²) in [6.45, 7) is 0. The van der Waals surface area contributed by atoms with Crippen LogP contribution < -0.4 is 0 Å². The van der Waals surface area contributed by atoms with E-state index in [2.05, 4.69) is 164 Å². The summed E-state index contributed by atoms with van der Waals surface area (Å²) in [6, 6.07) is 58.8. The normalized spacial score (nSPS) is 11.8. The van der Waals surface area contributed by atoms with Gasteiger partial charge >= 0.3 is 0 Å². The molecule has 8 aromatic carbocycles. The number of furan rings is 1. The van der Waals surface area contributed by atoms with E-state index in [-0.39, 0.29) is 0 Å². The lowest BCUT2D eigenvalue weighted by atomic mass is 9.85. The first-order chi connectivity index (χ1) is 23.3. The molecule has 2 heteroatoms. The second kappa shape index (κ2) is 10.1. The SMILES string of the molecule is c1ccc(-c2ccc(-c3c4ccccc4c(-c4ccc5oc6nc7ccc8ccccc8c7cc6c5c4)c4ccccc34)cc2)cc1. The third-order valence-electron chi connectivity index (χ3n) is 9.67. The van der Waals surface area contributed by atoms with Crippen LogP contribution >= 0.6 is 0 Å². The number of benzene rings is 8. The molecular formula is C45H27NO. The van der Waals surface area contributed by atoms with Gasteiger partial charge in [-0.1, -0.05) is 140 Å². The fraction of sp³-hybridized carbons (Fsp3) is 0. The highest BCUT2D eigenvalue weighted by atomic mass is 16.3. The van der Waals surface area contributed by atoms with Crippen molar-refractivity contribution in [3.05, 3.63) is 164 Å². The number of hydrogen-bond acceptors (Lipinski definition) is 2. The highest BCUT2D eigenvalue weighted by molar-refractivity contribution is 6.22. The summed E-state index contributed by atoms with van der Waals surface area (Å²) in [7, 11) is 0. The van der Waals surface area contributed by atoms with E-state index in [0.717, 1.165) is 32.8 Å². The summed E-state index contributed by atoms with van der Waals surface area (Å²) in [5.41, 5.74) is 9.77. The molecule has 0 aliphatic heterocycles. The molecule has 2 nitrogen and oxygen atoms in total. The first kappa shape index (κ1) is 26.0. The van der Waals surface area contributed by atoms with Crippen molar-refractivity contribution in [1.82, 2.24) is 4.98 Å². The van der Waals surface area contributed by atoms with Crippen molar-refractivity contribution in [1.29, 1.82) is 0 Å². The van der Waals surface area contributed by atoms with Gasteiger partial charge in [-0.25, -0.2) is 4.98 Å². The zero-order valence-electron chi connectivity index (χ0n) is 25.4. The molecule has 0 N–H and O–H groups in total. The number of rotatable bonds is 3. The molecule has 0 atom stereocenters. The lowest BCUT2D eigenvalue weighted by Gasteiger charge is -2.18. The summed E-state index contributed by atoms with van der Waals surface area (Å²) in [5.74, 6) is 0. The lowest BCUT2D eigenvalue weighted by Crippen LogP contribution is -1.91. The predicted octanol–water partition coefficient (Wildman–Crippen LogP) is 12.6. The Balaban J connectivity index is 1.21. The molecule has 2 aromatic heterocycles. The quantitative estimate of drug-likeness (QED) is 0.150. The van der Waals surface area contributed by atoms with Gasteiger partial charge in [-0.05, 0) is 90.0 Å². The van der Waals surface area contributed by atoms with Crippen molar-refractivity contribution in [2.45, 2.75) is 0 Å². The van der Waals surface area contributed by atoms with Gasteiger partial charge in [0.15, 0.2) is 0 Å². The summed E-state index contributed by atoms with van der Waals surface area (Å²) in [6.07, 6.45) is 0. The van der Waals surface area contributed by atoms with Gasteiger partial charge in [-0.15, -0.1) is 0 Å². The average molecular weight is 598 g/mol. The molecule has 0 unspecified atom stereocenters. The van der Waals surface area contributed by atoms with Crippen molar-refractivity contribution in [2.24, 2.45) is 0 Å². The molecule has 0 aliphatic rings. The first-order valence-electron chi connectivity index (χ1n) is 16.0. The van der Waals surface area contributed by atoms with E-state index in [1.54, 1.807) is 0 Å². The third-order valence-corrected chi connectivity index (χ3v) is 9.67. The van der Waals surface area contributed by atoms with E-state index in [1.807, 2.05) is 0 Å². The minimum Gasteiger partial charge on any atom is -0.438 e. The first-order valence-corrected chi connectivity index (χ1v) is 16.0. The maximum absolute atomic E-state index is 6.35. The second-order valence-electron chi connectivity index (χ2n) is 12.3. The smallest absolute Gasteiger partial charge is 0.227 e. The molecule has 0 bridgehead atoms. The molecule has 0 aliphatic carbocycles. The second-order valence-corrected chi connectivity index (χ2v) is 12.3. The van der Waals surface area contributed by atoms with Gasteiger partial charge < -0.3 is 4.42 Å². The van der Waals surface area contributed by atoms with Crippen LogP contribution in [-0.2, 0) is 0 Å². The molecule has 0 amide bonds. The molecule has 47 heavy (non-hydrogen) atoms. The molecule has 10 aromatic rings. The molecule has 10 rings (SSSR count). The van der Waals surface area contributed by atoms with Crippen LogP contribution in [0.25, 0.3) is 98.7 Å². The van der Waals surface area contributed by atoms with Crippen LogP contribution in [0.1, 0.15) is 0 Å². The van der Waals surface area contributed by atoms with Crippen LogP contribution in [0.5, 0.6) is 0 Å². The maximum Gasteiger partial charge on any atom is 0.227 e. The monoisotopic (exact) mass is 597 g/mol. The minimum absolute atomic E-state index is 0.670. The Bertz CT molecular complexity index is 2770. The molecule has 0 saturated heterocycles. The Hall–Kier alpha value is -6.25. The predicted molar refractivity (Wildman–Crippen MR) is 198 cm³/mol. The molecule has 2 heterocycles. The van der Waals surface area contributed by atoms with Crippen molar-refractivity contribution >= 4 is 65.3 Å². The van der Waals surface area contributed by atoms with Crippen molar-refractivity contribution in [3.63, 3.8) is 0 Å². The van der Waals surface area contributed by atoms with Crippen LogP contribution in [0.3, 0.4) is 0 Å². The molecular weight excluding hydrogens is 571 g/mol. The fourth-order valence-corrected chi connectivity index (χ4v) is 7.48. The van der Waals surface area contributed by atoms with Gasteiger partial charge in [-0.2, -0.15) is 0 Å². The summed E-state index contributed by atoms with van der Waals surface area (Å²) in [4.78, 5) is 4.97. The zero-order valence-corrected chi connectivity index (χ0v) is 25.4. The maximum atomic E-state index is 6.35. The van der Waals surface area contributed by atoms with Gasteiger partial charge in [0.25, 0.3) is 0 Å². The Morgan fingerprint density at radius 1 is 0.340 bits per heavy atom. The van der Waals surface area contributed by atoms with E-state index in [4.69, 9.17) is 9.40 Å². The van der Waals surface area contributed by atoms with E-state index in [1.165, 1.54) is 60.1 Å². The number of hydrogen-bond donors (Lipinski definition) is 0. The van der Waals surface area contributed by atoms with Crippen molar-refractivity contribution < 1.29 is 4.42 Å². The molecule has 0 spiro atoms. The summed E-state index contributed by atoms with van der Waals surface area (Å²) >= 11 is 0. The Morgan fingerprint density at radius 2 is 0.894 bits per heavy atom. The topological polar surface area (TPSA) is 26.0 Å². The van der Waals surface area contributed by atoms with E-state index in [9.17, 15) is 0 Å². The van der Waals surface area contributed by atoms with Crippen LogP contribution in [-0.4, -0.2) is 4.98 Å². The molecule has 218 valence electrons. The molecule has 0 radical (unpaired) electrons. The lowest BCUT2D eigenvalue weighted by molar-refractivity contribution is 0.656. The summed E-state index contributed by atoms with van der Waals surface area (Å²) in [5, 5.41) is 10.6. The van der Waals surface area contributed by atoms with Gasteiger partial charge in [-0.3, -0.25) is 0 Å². The average Bonchev–Trinajstić information content (AvgIpc) is 3.50. The molecule has 0 fully saturated rings. The van der Waals surface area contributed by atoms with E-state index in [0.29, 0.717) is 5.71 Å². The minimum atomic E-state index is 0.670. The van der Waals surface area contributed by atoms with Gasteiger partial charge in [0.1, 0.15) is 5.58 Å². The van der Waals surface area contributed by atoms with Gasteiger partial charge in [0.2, 0.25) is 5.71 Å². The standard InChI is InChI=1S/C45H27NO/c1-2-10-28(11-3-1)29-18-20-31(21-19-29)43-34-14-6-8-16-36(34)44(37-17-9-7-15-35(37)43)32-23-25-42-39(26-32)40-27-38-33-13-5-4-12-30(33)22-24-41(38)46-45(40)47-42/h1-27H. The number of fused-ring (bicyclic) bond motifs is 8. The molecule has 0 saturated carbocycles. The number of aromatic nitrogens is 1. The van der Waals surface area contributed by atoms with Crippen LogP contribution in [0.4, 0.5) is 0 Å². The van der Waals surface area contributed by atoms with Crippen LogP contribution in [0, 0.1) is 0 Å². The third kappa shape index (κ3) is 4.02. The Kier molecular flexibility index (Phi) is 5.61. The highest BCUT2D eigenvalue weighted by Crippen LogP contribution is 2.45. The van der Waals surface area contributed by atoms with Crippen molar-refractivity contribution in [3.8, 4) is 33.4 Å². The van der Waals surface area contributed by atoms with Gasteiger partial charge in [0, 0.05) is 16.2 Å². The van der Waals surface area contributed by atoms with Crippen LogP contribution in [0.15, 0.2) is 168 Å². The van der Waals surface area contributed by atoms with Crippen molar-refractivity contribution in [2.75, 3.05) is 0 Å². The highest BCUT2D eigenvalue weighted by Gasteiger charge is 2.18. The van der Waals surface area contributed by atoms with Crippen LogP contribution in [0.2, 0.25) is 0 Å². The van der Waals surface area contributed by atoms with Gasteiger partial charge in [0.05, 0.1) is 5.52 Å². The van der Waals surface area contributed by atoms with E-state index < -0.39 is 0 Å². The summed E-state index contributed by atoms with van der Waals surface area (Å²) < 4.78 is 6.35. The largest absolute Gasteiger partial charge is 0.438 e.